The molecule has 0 aliphatic carbocycles. The lowest BCUT2D eigenvalue weighted by atomic mass is 9.94. The number of likely N-dealkylation sites (N-methyl/N-ethyl adjacent to an activating group) is 1. The molecule has 1 aliphatic rings. The van der Waals surface area contributed by atoms with Crippen LogP contribution in [0.4, 0.5) is 10.5 Å². The van der Waals surface area contributed by atoms with Crippen molar-refractivity contribution in [3.63, 3.8) is 0 Å². The van der Waals surface area contributed by atoms with Gasteiger partial charge in [0, 0.05) is 41.1 Å². The Labute approximate surface area is 145 Å². The average Bonchev–Trinajstić information content (AvgIpc) is 3.16. The first kappa shape index (κ1) is 16.3. The number of nitrogens with one attached hydrogen (secondary N) is 2. The highest BCUT2D eigenvalue weighted by Gasteiger charge is 2.32. The van der Waals surface area contributed by atoms with Gasteiger partial charge in [-0.3, -0.25) is 0 Å². The molecular formula is C17H20ClN3OS. The summed E-state index contributed by atoms with van der Waals surface area (Å²) >= 11 is 7.64. The second kappa shape index (κ2) is 7.34. The Bertz CT molecular complexity index is 644. The summed E-state index contributed by atoms with van der Waals surface area (Å²) in [5.74, 6) is 0.936. The van der Waals surface area contributed by atoms with Crippen LogP contribution >= 0.6 is 22.9 Å². The molecule has 3 rings (SSSR count). The van der Waals surface area contributed by atoms with E-state index in [-0.39, 0.29) is 6.03 Å². The molecule has 2 amide bonds. The molecule has 1 aromatic carbocycles. The van der Waals surface area contributed by atoms with Crippen LogP contribution in [0.1, 0.15) is 10.8 Å². The van der Waals surface area contributed by atoms with Crippen molar-refractivity contribution in [1.29, 1.82) is 0 Å². The van der Waals surface area contributed by atoms with Crippen LogP contribution in [0, 0.1) is 5.92 Å². The predicted octanol–water partition coefficient (Wildman–Crippen LogP) is 3.87. The molecule has 23 heavy (non-hydrogen) atoms. The fraction of sp³-hybridized carbons (Fsp3) is 0.353. The number of amides is 2. The van der Waals surface area contributed by atoms with Gasteiger partial charge in [0.05, 0.1) is 0 Å². The van der Waals surface area contributed by atoms with Gasteiger partial charge in [-0.2, -0.15) is 0 Å². The molecule has 2 N–H and O–H groups in total. The maximum Gasteiger partial charge on any atom is 0.319 e. The summed E-state index contributed by atoms with van der Waals surface area (Å²) in [5, 5.41) is 8.60. The second-order valence-electron chi connectivity index (χ2n) is 5.95. The summed E-state index contributed by atoms with van der Waals surface area (Å²) in [6, 6.07) is 11.2. The quantitative estimate of drug-likeness (QED) is 0.880. The molecule has 0 spiro atoms. The molecule has 1 aliphatic heterocycles. The number of hydrogen-bond donors (Lipinski definition) is 2. The van der Waals surface area contributed by atoms with E-state index in [1.54, 1.807) is 35.6 Å². The zero-order valence-corrected chi connectivity index (χ0v) is 14.5. The number of rotatable bonds is 4. The van der Waals surface area contributed by atoms with Gasteiger partial charge in [0.1, 0.15) is 0 Å². The minimum atomic E-state index is -0.174. The molecule has 6 heteroatoms. The minimum Gasteiger partial charge on any atom is -0.338 e. The molecule has 0 radical (unpaired) electrons. The lowest BCUT2D eigenvalue weighted by Crippen LogP contribution is -2.35. The second-order valence-corrected chi connectivity index (χ2v) is 7.36. The maximum absolute atomic E-state index is 12.1. The fourth-order valence-corrected chi connectivity index (χ4v) is 4.09. The molecule has 2 aromatic rings. The van der Waals surface area contributed by atoms with E-state index in [4.69, 9.17) is 11.6 Å². The zero-order valence-electron chi connectivity index (χ0n) is 13.0. The van der Waals surface area contributed by atoms with Gasteiger partial charge in [0.25, 0.3) is 0 Å². The van der Waals surface area contributed by atoms with Crippen LogP contribution in [0.15, 0.2) is 41.8 Å². The highest BCUT2D eigenvalue weighted by Crippen LogP contribution is 2.34. The molecular weight excluding hydrogens is 330 g/mol. The van der Waals surface area contributed by atoms with Crippen molar-refractivity contribution in [3.05, 3.63) is 51.7 Å². The smallest absolute Gasteiger partial charge is 0.319 e. The number of carbonyl (C=O) groups is 1. The molecule has 4 nitrogen and oxygen atoms in total. The van der Waals surface area contributed by atoms with Crippen molar-refractivity contribution in [2.75, 3.05) is 32.0 Å². The summed E-state index contributed by atoms with van der Waals surface area (Å²) in [4.78, 5) is 15.8. The Kier molecular flexibility index (Phi) is 5.20. The number of thiophene rings is 1. The summed E-state index contributed by atoms with van der Waals surface area (Å²) in [6.07, 6.45) is 0. The molecule has 0 saturated carbocycles. The number of urea groups is 1. The van der Waals surface area contributed by atoms with Gasteiger partial charge in [-0.05, 0) is 48.7 Å². The third-order valence-electron chi connectivity index (χ3n) is 4.16. The Hall–Kier alpha value is -1.56. The van der Waals surface area contributed by atoms with Gasteiger partial charge in [0.15, 0.2) is 0 Å². The topological polar surface area (TPSA) is 44.4 Å². The van der Waals surface area contributed by atoms with Gasteiger partial charge >= 0.3 is 6.03 Å². The fourth-order valence-electron chi connectivity index (χ4n) is 3.05. The molecule has 2 heterocycles. The van der Waals surface area contributed by atoms with Crippen LogP contribution in [0.2, 0.25) is 5.02 Å². The molecule has 1 saturated heterocycles. The van der Waals surface area contributed by atoms with Crippen LogP contribution in [0.25, 0.3) is 0 Å². The van der Waals surface area contributed by atoms with Crippen LogP contribution in [-0.2, 0) is 0 Å². The average molecular weight is 350 g/mol. The lowest BCUT2D eigenvalue weighted by Gasteiger charge is -2.18. The molecule has 2 atom stereocenters. The van der Waals surface area contributed by atoms with Gasteiger partial charge in [-0.15, -0.1) is 11.3 Å². The van der Waals surface area contributed by atoms with E-state index in [9.17, 15) is 4.79 Å². The summed E-state index contributed by atoms with van der Waals surface area (Å²) in [5.41, 5.74) is 0.741. The first-order valence-electron chi connectivity index (χ1n) is 7.64. The maximum atomic E-state index is 12.1. The first-order valence-corrected chi connectivity index (χ1v) is 8.90. The van der Waals surface area contributed by atoms with Crippen molar-refractivity contribution in [2.45, 2.75) is 5.92 Å². The van der Waals surface area contributed by atoms with Crippen molar-refractivity contribution in [1.82, 2.24) is 10.2 Å². The van der Waals surface area contributed by atoms with E-state index in [1.807, 2.05) is 0 Å². The van der Waals surface area contributed by atoms with Crippen LogP contribution in [0.5, 0.6) is 0 Å². The van der Waals surface area contributed by atoms with E-state index in [0.717, 1.165) is 18.8 Å². The number of benzene rings is 1. The van der Waals surface area contributed by atoms with E-state index in [1.165, 1.54) is 4.88 Å². The standard InChI is InChI=1S/C17H20ClN3OS/c1-21-10-12(15(11-21)16-3-2-8-23-16)9-19-17(22)20-14-6-4-13(18)5-7-14/h2-8,12,15H,9-11H2,1H3,(H2,19,20,22). The molecule has 2 unspecified atom stereocenters. The summed E-state index contributed by atoms with van der Waals surface area (Å²) < 4.78 is 0. The third kappa shape index (κ3) is 4.25. The highest BCUT2D eigenvalue weighted by atomic mass is 35.5. The van der Waals surface area contributed by atoms with E-state index >= 15 is 0 Å². The minimum absolute atomic E-state index is 0.174. The number of likely N-dealkylation sites (tertiary alicyclic amines) is 1. The van der Waals surface area contributed by atoms with Crippen molar-refractivity contribution >= 4 is 34.7 Å². The SMILES string of the molecule is CN1CC(CNC(=O)Nc2ccc(Cl)cc2)C(c2cccs2)C1. The number of hydrogen-bond acceptors (Lipinski definition) is 3. The molecule has 1 aromatic heterocycles. The Balaban J connectivity index is 1.54. The van der Waals surface area contributed by atoms with Gasteiger partial charge in [0.2, 0.25) is 0 Å². The number of anilines is 1. The zero-order chi connectivity index (χ0) is 16.2. The number of halogens is 1. The molecule has 122 valence electrons. The number of carbonyl (C=O) groups excluding carboxylic acids is 1. The Morgan fingerprint density at radius 1 is 1.30 bits per heavy atom. The third-order valence-corrected chi connectivity index (χ3v) is 5.42. The van der Waals surface area contributed by atoms with E-state index in [0.29, 0.717) is 23.4 Å². The van der Waals surface area contributed by atoms with Crippen LogP contribution < -0.4 is 10.6 Å². The molecule has 0 bridgehead atoms. The van der Waals surface area contributed by atoms with Gasteiger partial charge in [-0.25, -0.2) is 4.79 Å². The summed E-state index contributed by atoms with van der Waals surface area (Å²) in [7, 11) is 2.13. The Morgan fingerprint density at radius 3 is 2.78 bits per heavy atom. The normalized spacial score (nSPS) is 21.3. The van der Waals surface area contributed by atoms with Crippen molar-refractivity contribution in [3.8, 4) is 0 Å². The highest BCUT2D eigenvalue weighted by molar-refractivity contribution is 7.10. The first-order chi connectivity index (χ1) is 11.1. The predicted molar refractivity (Wildman–Crippen MR) is 96.5 cm³/mol. The Morgan fingerprint density at radius 2 is 2.09 bits per heavy atom. The largest absolute Gasteiger partial charge is 0.338 e. The molecule has 1 fully saturated rings. The summed E-state index contributed by atoms with van der Waals surface area (Å²) in [6.45, 7) is 2.72. The van der Waals surface area contributed by atoms with Gasteiger partial charge in [-0.1, -0.05) is 17.7 Å². The van der Waals surface area contributed by atoms with E-state index in [2.05, 4.69) is 40.1 Å². The van der Waals surface area contributed by atoms with Crippen molar-refractivity contribution < 1.29 is 4.79 Å². The monoisotopic (exact) mass is 349 g/mol. The van der Waals surface area contributed by atoms with Gasteiger partial charge < -0.3 is 15.5 Å². The van der Waals surface area contributed by atoms with Crippen LogP contribution in [-0.4, -0.2) is 37.6 Å². The number of nitrogens with zero attached hydrogens (tertiary/aromatic N) is 1. The van der Waals surface area contributed by atoms with Crippen LogP contribution in [0.3, 0.4) is 0 Å². The van der Waals surface area contributed by atoms with E-state index < -0.39 is 0 Å². The lowest BCUT2D eigenvalue weighted by molar-refractivity contribution is 0.249. The van der Waals surface area contributed by atoms with Crippen molar-refractivity contribution in [2.24, 2.45) is 5.92 Å².